The van der Waals surface area contributed by atoms with Crippen molar-refractivity contribution in [2.45, 2.75) is 51.1 Å². The van der Waals surface area contributed by atoms with Crippen LogP contribution in [0, 0.1) is 0 Å². The van der Waals surface area contributed by atoms with Crippen molar-refractivity contribution in [3.05, 3.63) is 0 Å². The molecule has 1 N–H and O–H groups in total. The van der Waals surface area contributed by atoms with Crippen LogP contribution in [0.25, 0.3) is 0 Å². The Morgan fingerprint density at radius 2 is 2.00 bits per heavy atom. The minimum atomic E-state index is 0. The number of hydrogen-bond acceptors (Lipinski definition) is 3. The maximum Gasteiger partial charge on any atom is 0.236 e. The molecule has 2 rings (SSSR count). The Kier molecular flexibility index (Phi) is 7.11. The van der Waals surface area contributed by atoms with E-state index in [2.05, 4.69) is 17.1 Å². The summed E-state index contributed by atoms with van der Waals surface area (Å²) in [5.74, 6) is 0.302. The Balaban J connectivity index is 0.00000180. The standard InChI is InChI=1S/C14H27N3O.ClH/c1-12-10-15-8-9-17(12)11-14(18)16(2)13-6-4-3-5-7-13;/h12-13,15H,3-11H2,1-2H3;1H/t12-;/m1./s1. The molecule has 1 heterocycles. The van der Waals surface area contributed by atoms with Gasteiger partial charge in [0, 0.05) is 38.8 Å². The summed E-state index contributed by atoms with van der Waals surface area (Å²) in [5.41, 5.74) is 0. The summed E-state index contributed by atoms with van der Waals surface area (Å²) in [6.07, 6.45) is 6.30. The molecule has 1 aliphatic heterocycles. The number of carbonyl (C=O) groups is 1. The van der Waals surface area contributed by atoms with E-state index in [1.54, 1.807) is 0 Å². The van der Waals surface area contributed by atoms with Crippen molar-refractivity contribution in [2.24, 2.45) is 0 Å². The van der Waals surface area contributed by atoms with Crippen LogP contribution in [0.3, 0.4) is 0 Å². The van der Waals surface area contributed by atoms with Crippen molar-refractivity contribution in [1.82, 2.24) is 15.1 Å². The molecule has 112 valence electrons. The van der Waals surface area contributed by atoms with Crippen molar-refractivity contribution >= 4 is 18.3 Å². The molecule has 0 radical (unpaired) electrons. The zero-order valence-electron chi connectivity index (χ0n) is 12.2. The van der Waals surface area contributed by atoms with Crippen molar-refractivity contribution < 1.29 is 4.79 Å². The molecule has 0 bridgehead atoms. The van der Waals surface area contributed by atoms with Gasteiger partial charge in [0.1, 0.15) is 0 Å². The fourth-order valence-electron chi connectivity index (χ4n) is 3.08. The summed E-state index contributed by atoms with van der Waals surface area (Å²) in [6, 6.07) is 0.965. The predicted octanol–water partition coefficient (Wildman–Crippen LogP) is 1.49. The van der Waals surface area contributed by atoms with Gasteiger partial charge in [0.05, 0.1) is 6.54 Å². The first-order valence-corrected chi connectivity index (χ1v) is 7.39. The highest BCUT2D eigenvalue weighted by Gasteiger charge is 2.26. The van der Waals surface area contributed by atoms with Crippen molar-refractivity contribution in [1.29, 1.82) is 0 Å². The minimum Gasteiger partial charge on any atom is -0.342 e. The molecule has 0 aromatic carbocycles. The van der Waals surface area contributed by atoms with Crippen molar-refractivity contribution in [3.8, 4) is 0 Å². The second-order valence-corrected chi connectivity index (χ2v) is 5.82. The predicted molar refractivity (Wildman–Crippen MR) is 80.8 cm³/mol. The fraction of sp³-hybridized carbons (Fsp3) is 0.929. The van der Waals surface area contributed by atoms with Crippen LogP contribution in [0.5, 0.6) is 0 Å². The van der Waals surface area contributed by atoms with Crippen LogP contribution < -0.4 is 5.32 Å². The molecule has 1 saturated heterocycles. The molecule has 1 amide bonds. The zero-order valence-corrected chi connectivity index (χ0v) is 13.0. The largest absolute Gasteiger partial charge is 0.342 e. The van der Waals surface area contributed by atoms with Gasteiger partial charge in [-0.15, -0.1) is 12.4 Å². The second-order valence-electron chi connectivity index (χ2n) is 5.82. The van der Waals surface area contributed by atoms with Crippen molar-refractivity contribution in [3.63, 3.8) is 0 Å². The Morgan fingerprint density at radius 3 is 2.63 bits per heavy atom. The van der Waals surface area contributed by atoms with E-state index >= 15 is 0 Å². The van der Waals surface area contributed by atoms with E-state index in [0.717, 1.165) is 19.6 Å². The molecule has 19 heavy (non-hydrogen) atoms. The van der Waals surface area contributed by atoms with Crippen LogP contribution in [0.1, 0.15) is 39.0 Å². The lowest BCUT2D eigenvalue weighted by Crippen LogP contribution is -2.53. The van der Waals surface area contributed by atoms with E-state index in [-0.39, 0.29) is 12.4 Å². The number of likely N-dealkylation sites (N-methyl/N-ethyl adjacent to an activating group) is 1. The van der Waals surface area contributed by atoms with Crippen LogP contribution in [0.15, 0.2) is 0 Å². The first-order chi connectivity index (χ1) is 8.68. The number of amides is 1. The molecule has 0 aromatic rings. The molecular weight excluding hydrogens is 262 g/mol. The maximum atomic E-state index is 12.3. The first kappa shape index (κ1) is 16.7. The topological polar surface area (TPSA) is 35.6 Å². The van der Waals surface area contributed by atoms with Gasteiger partial charge < -0.3 is 10.2 Å². The summed E-state index contributed by atoms with van der Waals surface area (Å²) in [6.45, 7) is 5.78. The quantitative estimate of drug-likeness (QED) is 0.855. The average molecular weight is 290 g/mol. The van der Waals surface area contributed by atoms with Gasteiger partial charge in [0.2, 0.25) is 5.91 Å². The second kappa shape index (κ2) is 8.08. The van der Waals surface area contributed by atoms with E-state index in [9.17, 15) is 4.79 Å². The smallest absolute Gasteiger partial charge is 0.236 e. The summed E-state index contributed by atoms with van der Waals surface area (Å²) in [7, 11) is 1.99. The Bertz CT molecular complexity index is 282. The van der Waals surface area contributed by atoms with Gasteiger partial charge in [-0.1, -0.05) is 19.3 Å². The maximum absolute atomic E-state index is 12.3. The third-order valence-electron chi connectivity index (χ3n) is 4.49. The number of nitrogens with one attached hydrogen (secondary N) is 1. The van der Waals surface area contributed by atoms with Gasteiger partial charge in [0.15, 0.2) is 0 Å². The minimum absolute atomic E-state index is 0. The van der Waals surface area contributed by atoms with Gasteiger partial charge in [-0.05, 0) is 19.8 Å². The lowest BCUT2D eigenvalue weighted by atomic mass is 9.94. The van der Waals surface area contributed by atoms with Crippen molar-refractivity contribution in [2.75, 3.05) is 33.2 Å². The van der Waals surface area contributed by atoms with E-state index in [0.29, 0.717) is 24.5 Å². The van der Waals surface area contributed by atoms with Crippen LogP contribution in [0.2, 0.25) is 0 Å². The zero-order chi connectivity index (χ0) is 13.0. The molecule has 2 aliphatic rings. The van der Waals surface area contributed by atoms with Gasteiger partial charge >= 0.3 is 0 Å². The average Bonchev–Trinajstić information content (AvgIpc) is 2.41. The highest BCUT2D eigenvalue weighted by atomic mass is 35.5. The van der Waals surface area contributed by atoms with Crippen LogP contribution in [-0.2, 0) is 4.79 Å². The molecule has 0 aromatic heterocycles. The number of nitrogens with zero attached hydrogens (tertiary/aromatic N) is 2. The number of rotatable bonds is 3. The van der Waals surface area contributed by atoms with E-state index in [4.69, 9.17) is 0 Å². The van der Waals surface area contributed by atoms with E-state index in [1.807, 2.05) is 11.9 Å². The third kappa shape index (κ3) is 4.62. The lowest BCUT2D eigenvalue weighted by molar-refractivity contribution is -0.134. The molecule has 0 unspecified atom stereocenters. The molecule has 1 saturated carbocycles. The lowest BCUT2D eigenvalue weighted by Gasteiger charge is -2.36. The number of carbonyl (C=O) groups excluding carboxylic acids is 1. The fourth-order valence-corrected chi connectivity index (χ4v) is 3.08. The first-order valence-electron chi connectivity index (χ1n) is 7.39. The highest BCUT2D eigenvalue weighted by Crippen LogP contribution is 2.21. The molecule has 4 nitrogen and oxygen atoms in total. The summed E-state index contributed by atoms with van der Waals surface area (Å²) in [4.78, 5) is 16.6. The molecular formula is C14H28ClN3O. The molecule has 0 spiro atoms. The number of hydrogen-bond donors (Lipinski definition) is 1. The highest BCUT2D eigenvalue weighted by molar-refractivity contribution is 5.85. The van der Waals surface area contributed by atoms with Crippen LogP contribution in [-0.4, -0.2) is 61.0 Å². The monoisotopic (exact) mass is 289 g/mol. The Hall–Kier alpha value is -0.320. The molecule has 5 heteroatoms. The van der Waals surface area contributed by atoms with Crippen LogP contribution >= 0.6 is 12.4 Å². The van der Waals surface area contributed by atoms with Gasteiger partial charge in [-0.25, -0.2) is 0 Å². The summed E-state index contributed by atoms with van der Waals surface area (Å²) >= 11 is 0. The van der Waals surface area contributed by atoms with Gasteiger partial charge in [-0.2, -0.15) is 0 Å². The summed E-state index contributed by atoms with van der Waals surface area (Å²) in [5, 5.41) is 3.36. The van der Waals surface area contributed by atoms with E-state index in [1.165, 1.54) is 32.1 Å². The third-order valence-corrected chi connectivity index (χ3v) is 4.49. The Morgan fingerprint density at radius 1 is 1.32 bits per heavy atom. The van der Waals surface area contributed by atoms with Crippen LogP contribution in [0.4, 0.5) is 0 Å². The summed E-state index contributed by atoms with van der Waals surface area (Å²) < 4.78 is 0. The molecule has 1 atom stereocenters. The normalized spacial score (nSPS) is 25.7. The Labute approximate surface area is 123 Å². The van der Waals surface area contributed by atoms with E-state index < -0.39 is 0 Å². The van der Waals surface area contributed by atoms with Gasteiger partial charge in [-0.3, -0.25) is 9.69 Å². The van der Waals surface area contributed by atoms with Gasteiger partial charge in [0.25, 0.3) is 0 Å². The molecule has 2 fully saturated rings. The molecule has 1 aliphatic carbocycles. The number of halogens is 1. The SMILES string of the molecule is C[C@@H]1CNCCN1CC(=O)N(C)C1CCCCC1.Cl. The number of piperazine rings is 1.